The fourth-order valence-corrected chi connectivity index (χ4v) is 3.38. The topological polar surface area (TPSA) is 72.4 Å². The second-order valence-corrected chi connectivity index (χ2v) is 7.04. The van der Waals surface area contributed by atoms with Crippen LogP contribution in [-0.4, -0.2) is 20.3 Å². The van der Waals surface area contributed by atoms with Crippen LogP contribution in [-0.2, 0) is 17.8 Å². The number of carbonyl (C=O) groups is 1. The number of halogens is 1. The van der Waals surface area contributed by atoms with Crippen LogP contribution in [0.5, 0.6) is 0 Å². The van der Waals surface area contributed by atoms with Gasteiger partial charge in [-0.15, -0.1) is 11.3 Å². The van der Waals surface area contributed by atoms with Gasteiger partial charge in [0, 0.05) is 41.2 Å². The van der Waals surface area contributed by atoms with E-state index in [-0.39, 0.29) is 5.91 Å². The summed E-state index contributed by atoms with van der Waals surface area (Å²) in [7, 11) is 0. The molecule has 1 amide bonds. The summed E-state index contributed by atoms with van der Waals surface area (Å²) in [5, 5.41) is 5.51. The van der Waals surface area contributed by atoms with Gasteiger partial charge in [-0.05, 0) is 24.3 Å². The largest absolute Gasteiger partial charge is 0.441 e. The Bertz CT molecular complexity index is 1010. The van der Waals surface area contributed by atoms with E-state index in [0.717, 1.165) is 16.2 Å². The Morgan fingerprint density at radius 1 is 1.31 bits per heavy atom. The maximum absolute atomic E-state index is 12.0. The number of imidazole rings is 1. The van der Waals surface area contributed by atoms with Gasteiger partial charge in [-0.3, -0.25) is 9.20 Å². The molecular weight excluding hydrogens is 372 g/mol. The van der Waals surface area contributed by atoms with Crippen molar-refractivity contribution >= 4 is 33.8 Å². The number of rotatable bonds is 6. The van der Waals surface area contributed by atoms with Crippen molar-refractivity contribution in [1.82, 2.24) is 19.7 Å². The molecule has 0 aliphatic heterocycles. The summed E-state index contributed by atoms with van der Waals surface area (Å²) in [4.78, 5) is 21.6. The summed E-state index contributed by atoms with van der Waals surface area (Å²) in [5.41, 5.74) is 1.74. The SMILES string of the molecule is O=C(CCc1ncc(-c2ccc(Cl)cc2)o1)NCc1cn2ccsc2n1. The molecule has 0 fully saturated rings. The number of amides is 1. The van der Waals surface area contributed by atoms with Crippen molar-refractivity contribution in [3.05, 3.63) is 64.8 Å². The minimum absolute atomic E-state index is 0.0624. The first kappa shape index (κ1) is 16.8. The maximum Gasteiger partial charge on any atom is 0.220 e. The lowest BCUT2D eigenvalue weighted by Crippen LogP contribution is -2.23. The van der Waals surface area contributed by atoms with Crippen molar-refractivity contribution in [2.24, 2.45) is 0 Å². The molecule has 0 saturated heterocycles. The van der Waals surface area contributed by atoms with E-state index in [1.165, 1.54) is 0 Å². The Balaban J connectivity index is 1.29. The van der Waals surface area contributed by atoms with E-state index in [2.05, 4.69) is 15.3 Å². The third-order valence-corrected chi connectivity index (χ3v) is 4.88. The Morgan fingerprint density at radius 2 is 2.15 bits per heavy atom. The second kappa shape index (κ2) is 7.31. The Morgan fingerprint density at radius 3 is 2.96 bits per heavy atom. The first-order valence-corrected chi connectivity index (χ1v) is 9.31. The smallest absolute Gasteiger partial charge is 0.220 e. The molecule has 0 radical (unpaired) electrons. The van der Waals surface area contributed by atoms with Gasteiger partial charge in [0.1, 0.15) is 0 Å². The van der Waals surface area contributed by atoms with Gasteiger partial charge < -0.3 is 9.73 Å². The van der Waals surface area contributed by atoms with E-state index in [0.29, 0.717) is 36.1 Å². The van der Waals surface area contributed by atoms with Gasteiger partial charge in [-0.1, -0.05) is 11.6 Å². The van der Waals surface area contributed by atoms with Crippen LogP contribution >= 0.6 is 22.9 Å². The van der Waals surface area contributed by atoms with E-state index >= 15 is 0 Å². The highest BCUT2D eigenvalue weighted by Crippen LogP contribution is 2.22. The van der Waals surface area contributed by atoms with Crippen LogP contribution in [0.2, 0.25) is 5.02 Å². The van der Waals surface area contributed by atoms with E-state index in [9.17, 15) is 4.79 Å². The molecule has 0 aliphatic carbocycles. The second-order valence-electron chi connectivity index (χ2n) is 5.73. The quantitative estimate of drug-likeness (QED) is 0.544. The summed E-state index contributed by atoms with van der Waals surface area (Å²) < 4.78 is 7.65. The number of hydrogen-bond donors (Lipinski definition) is 1. The van der Waals surface area contributed by atoms with E-state index in [1.54, 1.807) is 29.7 Å². The molecule has 8 heteroatoms. The van der Waals surface area contributed by atoms with Crippen LogP contribution < -0.4 is 5.32 Å². The molecule has 26 heavy (non-hydrogen) atoms. The number of nitrogens with zero attached hydrogens (tertiary/aromatic N) is 3. The molecule has 0 aliphatic rings. The molecule has 0 spiro atoms. The molecule has 6 nitrogen and oxygen atoms in total. The van der Waals surface area contributed by atoms with Gasteiger partial charge in [0.15, 0.2) is 16.6 Å². The number of aryl methyl sites for hydroxylation is 1. The van der Waals surface area contributed by atoms with Crippen LogP contribution in [0.25, 0.3) is 16.3 Å². The molecule has 1 aromatic carbocycles. The van der Waals surface area contributed by atoms with Crippen molar-refractivity contribution in [1.29, 1.82) is 0 Å². The highest BCUT2D eigenvalue weighted by molar-refractivity contribution is 7.15. The number of benzene rings is 1. The molecule has 4 aromatic rings. The van der Waals surface area contributed by atoms with Crippen LogP contribution in [0, 0.1) is 0 Å². The predicted octanol–water partition coefficient (Wildman–Crippen LogP) is 3.95. The van der Waals surface area contributed by atoms with E-state index < -0.39 is 0 Å². The Labute approximate surface area is 158 Å². The molecule has 0 unspecified atom stereocenters. The molecule has 3 aromatic heterocycles. The lowest BCUT2D eigenvalue weighted by Gasteiger charge is -2.01. The molecule has 0 atom stereocenters. The summed E-state index contributed by atoms with van der Waals surface area (Å²) >= 11 is 7.45. The van der Waals surface area contributed by atoms with Crippen molar-refractivity contribution in [3.63, 3.8) is 0 Å². The minimum Gasteiger partial charge on any atom is -0.441 e. The van der Waals surface area contributed by atoms with Gasteiger partial charge >= 0.3 is 0 Å². The highest BCUT2D eigenvalue weighted by atomic mass is 35.5. The Hall–Kier alpha value is -2.64. The van der Waals surface area contributed by atoms with Gasteiger partial charge in [-0.2, -0.15) is 0 Å². The average molecular weight is 387 g/mol. The van der Waals surface area contributed by atoms with E-state index in [4.69, 9.17) is 16.0 Å². The molecule has 1 N–H and O–H groups in total. The van der Waals surface area contributed by atoms with Crippen LogP contribution in [0.4, 0.5) is 0 Å². The molecule has 132 valence electrons. The number of aromatic nitrogens is 3. The lowest BCUT2D eigenvalue weighted by atomic mass is 10.2. The average Bonchev–Trinajstić information content (AvgIpc) is 3.34. The van der Waals surface area contributed by atoms with E-state index in [1.807, 2.05) is 34.3 Å². The Kier molecular flexibility index (Phi) is 4.73. The summed E-state index contributed by atoms with van der Waals surface area (Å²) in [6.07, 6.45) is 6.27. The standard InChI is InChI=1S/C18H15ClN4O2S/c19-13-3-1-12(2-4-13)15-10-21-17(25-15)6-5-16(24)20-9-14-11-23-7-8-26-18(23)22-14/h1-4,7-8,10-11H,5-6,9H2,(H,20,24). The zero-order valence-corrected chi connectivity index (χ0v) is 15.3. The lowest BCUT2D eigenvalue weighted by molar-refractivity contribution is -0.121. The number of oxazole rings is 1. The van der Waals surface area contributed by atoms with Crippen LogP contribution in [0.3, 0.4) is 0 Å². The monoisotopic (exact) mass is 386 g/mol. The minimum atomic E-state index is -0.0624. The third kappa shape index (κ3) is 3.79. The highest BCUT2D eigenvalue weighted by Gasteiger charge is 2.10. The van der Waals surface area contributed by atoms with Crippen molar-refractivity contribution in [3.8, 4) is 11.3 Å². The fraction of sp³-hybridized carbons (Fsp3) is 0.167. The van der Waals surface area contributed by atoms with Crippen molar-refractivity contribution < 1.29 is 9.21 Å². The normalized spacial score (nSPS) is 11.1. The van der Waals surface area contributed by atoms with Crippen molar-refractivity contribution in [2.75, 3.05) is 0 Å². The summed E-state index contributed by atoms with van der Waals surface area (Å²) in [5.74, 6) is 1.13. The molecule has 0 saturated carbocycles. The van der Waals surface area contributed by atoms with Gasteiger partial charge in [0.2, 0.25) is 5.91 Å². The zero-order chi connectivity index (χ0) is 17.9. The molecule has 3 heterocycles. The van der Waals surface area contributed by atoms with Crippen molar-refractivity contribution in [2.45, 2.75) is 19.4 Å². The number of nitrogens with one attached hydrogen (secondary N) is 1. The third-order valence-electron chi connectivity index (χ3n) is 3.86. The molecular formula is C18H15ClN4O2S. The van der Waals surface area contributed by atoms with Gasteiger partial charge in [-0.25, -0.2) is 9.97 Å². The predicted molar refractivity (Wildman–Crippen MR) is 100 cm³/mol. The number of thiazole rings is 1. The molecule has 0 bridgehead atoms. The summed E-state index contributed by atoms with van der Waals surface area (Å²) in [6, 6.07) is 7.34. The number of carbonyl (C=O) groups excluding carboxylic acids is 1. The van der Waals surface area contributed by atoms with Crippen LogP contribution in [0.1, 0.15) is 18.0 Å². The van der Waals surface area contributed by atoms with Gasteiger partial charge in [0.25, 0.3) is 0 Å². The van der Waals surface area contributed by atoms with Crippen LogP contribution in [0.15, 0.2) is 52.7 Å². The number of hydrogen-bond acceptors (Lipinski definition) is 5. The summed E-state index contributed by atoms with van der Waals surface area (Å²) in [6.45, 7) is 0.412. The maximum atomic E-state index is 12.0. The number of fused-ring (bicyclic) bond motifs is 1. The zero-order valence-electron chi connectivity index (χ0n) is 13.7. The first-order chi connectivity index (χ1) is 12.7. The van der Waals surface area contributed by atoms with Gasteiger partial charge in [0.05, 0.1) is 18.4 Å². The molecule has 4 rings (SSSR count). The first-order valence-electron chi connectivity index (χ1n) is 8.06. The fourth-order valence-electron chi connectivity index (χ4n) is 2.53.